The van der Waals surface area contributed by atoms with Crippen LogP contribution in [0.1, 0.15) is 29.0 Å². The zero-order valence-electron chi connectivity index (χ0n) is 14.1. The molecule has 2 heterocycles. The first-order valence-corrected chi connectivity index (χ1v) is 8.44. The number of benzene rings is 2. The van der Waals surface area contributed by atoms with Crippen LogP contribution in [0.2, 0.25) is 0 Å². The first-order chi connectivity index (χ1) is 11.7. The van der Waals surface area contributed by atoms with Gasteiger partial charge in [-0.1, -0.05) is 47.1 Å². The second-order valence-electron chi connectivity index (χ2n) is 6.48. The SMILES string of the molecule is Cc1ccc2c(c1)CCCN2Cc1nc(-c2ccccc2C)no1. The molecule has 0 spiro atoms. The highest BCUT2D eigenvalue weighted by molar-refractivity contribution is 5.59. The lowest BCUT2D eigenvalue weighted by Crippen LogP contribution is -2.29. The maximum Gasteiger partial charge on any atom is 0.246 e. The van der Waals surface area contributed by atoms with Crippen LogP contribution in [0.3, 0.4) is 0 Å². The van der Waals surface area contributed by atoms with Crippen molar-refractivity contribution in [2.75, 3.05) is 11.4 Å². The molecule has 0 aliphatic carbocycles. The Morgan fingerprint density at radius 3 is 2.88 bits per heavy atom. The quantitative estimate of drug-likeness (QED) is 0.721. The number of aromatic nitrogens is 2. The molecule has 24 heavy (non-hydrogen) atoms. The van der Waals surface area contributed by atoms with Crippen LogP contribution in [0.5, 0.6) is 0 Å². The smallest absolute Gasteiger partial charge is 0.246 e. The lowest BCUT2D eigenvalue weighted by Gasteiger charge is -2.30. The Kier molecular flexibility index (Phi) is 3.81. The first kappa shape index (κ1) is 14.9. The summed E-state index contributed by atoms with van der Waals surface area (Å²) in [5.74, 6) is 1.34. The van der Waals surface area contributed by atoms with Gasteiger partial charge >= 0.3 is 0 Å². The molecule has 1 aliphatic heterocycles. The standard InChI is InChI=1S/C20H21N3O/c1-14-9-10-18-16(12-14)7-5-11-23(18)13-19-21-20(22-24-19)17-8-4-3-6-15(17)2/h3-4,6,8-10,12H,5,7,11,13H2,1-2H3. The van der Waals surface area contributed by atoms with Crippen molar-refractivity contribution in [2.45, 2.75) is 33.2 Å². The summed E-state index contributed by atoms with van der Waals surface area (Å²) >= 11 is 0. The molecule has 1 aromatic heterocycles. The van der Waals surface area contributed by atoms with Gasteiger partial charge in [0.25, 0.3) is 0 Å². The minimum atomic E-state index is 0.662. The van der Waals surface area contributed by atoms with Crippen LogP contribution in [0.4, 0.5) is 5.69 Å². The Balaban J connectivity index is 1.59. The average Bonchev–Trinajstić information content (AvgIpc) is 3.03. The number of hydrogen-bond donors (Lipinski definition) is 0. The van der Waals surface area contributed by atoms with Gasteiger partial charge in [-0.25, -0.2) is 0 Å². The minimum Gasteiger partial charge on any atom is -0.362 e. The van der Waals surface area contributed by atoms with Gasteiger partial charge < -0.3 is 9.42 Å². The van der Waals surface area contributed by atoms with Crippen LogP contribution in [-0.4, -0.2) is 16.7 Å². The molecule has 0 amide bonds. The van der Waals surface area contributed by atoms with Gasteiger partial charge in [-0.15, -0.1) is 0 Å². The summed E-state index contributed by atoms with van der Waals surface area (Å²) in [6.45, 7) is 5.90. The van der Waals surface area contributed by atoms with Gasteiger partial charge in [0.15, 0.2) is 0 Å². The van der Waals surface area contributed by atoms with Crippen molar-refractivity contribution in [3.8, 4) is 11.4 Å². The van der Waals surface area contributed by atoms with Gasteiger partial charge in [0, 0.05) is 17.8 Å². The molecule has 0 radical (unpaired) electrons. The summed E-state index contributed by atoms with van der Waals surface area (Å²) < 4.78 is 5.51. The Bertz CT molecular complexity index is 869. The second kappa shape index (κ2) is 6.11. The highest BCUT2D eigenvalue weighted by Gasteiger charge is 2.20. The van der Waals surface area contributed by atoms with Crippen molar-refractivity contribution in [3.05, 3.63) is 65.0 Å². The predicted octanol–water partition coefficient (Wildman–Crippen LogP) is 4.31. The molecule has 122 valence electrons. The summed E-state index contributed by atoms with van der Waals surface area (Å²) in [7, 11) is 0. The lowest BCUT2D eigenvalue weighted by atomic mass is 10.00. The fraction of sp³-hybridized carbons (Fsp3) is 0.300. The van der Waals surface area contributed by atoms with Gasteiger partial charge in [0.1, 0.15) is 0 Å². The summed E-state index contributed by atoms with van der Waals surface area (Å²) in [6.07, 6.45) is 2.31. The Labute approximate surface area is 142 Å². The van der Waals surface area contributed by atoms with Gasteiger partial charge in [0.2, 0.25) is 11.7 Å². The van der Waals surface area contributed by atoms with Gasteiger partial charge in [-0.05, 0) is 43.9 Å². The van der Waals surface area contributed by atoms with Crippen molar-refractivity contribution in [2.24, 2.45) is 0 Å². The molecule has 4 rings (SSSR count). The minimum absolute atomic E-state index is 0.662. The third-order valence-corrected chi connectivity index (χ3v) is 4.63. The molecule has 0 bridgehead atoms. The predicted molar refractivity (Wildman–Crippen MR) is 95.0 cm³/mol. The molecular formula is C20H21N3O. The Morgan fingerprint density at radius 1 is 1.12 bits per heavy atom. The zero-order valence-corrected chi connectivity index (χ0v) is 14.1. The molecule has 0 fully saturated rings. The normalized spacial score (nSPS) is 13.8. The van der Waals surface area contributed by atoms with Crippen LogP contribution in [-0.2, 0) is 13.0 Å². The molecule has 1 aliphatic rings. The molecule has 0 saturated carbocycles. The van der Waals surface area contributed by atoms with E-state index in [1.165, 1.54) is 16.8 Å². The van der Waals surface area contributed by atoms with Crippen LogP contribution >= 0.6 is 0 Å². The van der Waals surface area contributed by atoms with Crippen molar-refractivity contribution < 1.29 is 4.52 Å². The van der Waals surface area contributed by atoms with E-state index in [4.69, 9.17) is 4.52 Å². The molecular weight excluding hydrogens is 298 g/mol. The first-order valence-electron chi connectivity index (χ1n) is 8.44. The van der Waals surface area contributed by atoms with Crippen molar-refractivity contribution >= 4 is 5.69 Å². The zero-order chi connectivity index (χ0) is 16.5. The topological polar surface area (TPSA) is 42.2 Å². The van der Waals surface area contributed by atoms with E-state index in [2.05, 4.69) is 53.2 Å². The summed E-state index contributed by atoms with van der Waals surface area (Å²) in [5, 5.41) is 4.17. The Morgan fingerprint density at radius 2 is 2.00 bits per heavy atom. The fourth-order valence-corrected chi connectivity index (χ4v) is 3.38. The van der Waals surface area contributed by atoms with E-state index < -0.39 is 0 Å². The van der Waals surface area contributed by atoms with Crippen LogP contribution < -0.4 is 4.90 Å². The monoisotopic (exact) mass is 319 g/mol. The van der Waals surface area contributed by atoms with E-state index in [1.807, 2.05) is 18.2 Å². The van der Waals surface area contributed by atoms with E-state index in [9.17, 15) is 0 Å². The maximum absolute atomic E-state index is 5.51. The molecule has 0 atom stereocenters. The van der Waals surface area contributed by atoms with E-state index >= 15 is 0 Å². The van der Waals surface area contributed by atoms with E-state index in [1.54, 1.807) is 0 Å². The summed E-state index contributed by atoms with van der Waals surface area (Å²) in [5.41, 5.74) is 6.21. The van der Waals surface area contributed by atoms with Crippen LogP contribution in [0.25, 0.3) is 11.4 Å². The van der Waals surface area contributed by atoms with Crippen LogP contribution in [0.15, 0.2) is 47.0 Å². The van der Waals surface area contributed by atoms with Crippen molar-refractivity contribution in [1.82, 2.24) is 10.1 Å². The average molecular weight is 319 g/mol. The van der Waals surface area contributed by atoms with E-state index in [-0.39, 0.29) is 0 Å². The number of aryl methyl sites for hydroxylation is 3. The van der Waals surface area contributed by atoms with Gasteiger partial charge in [-0.2, -0.15) is 4.98 Å². The number of hydrogen-bond acceptors (Lipinski definition) is 4. The fourth-order valence-electron chi connectivity index (χ4n) is 3.38. The van der Waals surface area contributed by atoms with E-state index in [0.717, 1.165) is 30.5 Å². The molecule has 0 saturated heterocycles. The summed E-state index contributed by atoms with van der Waals surface area (Å²) in [6, 6.07) is 14.8. The highest BCUT2D eigenvalue weighted by atomic mass is 16.5. The second-order valence-corrected chi connectivity index (χ2v) is 6.48. The molecule has 0 N–H and O–H groups in total. The third-order valence-electron chi connectivity index (χ3n) is 4.63. The molecule has 4 heteroatoms. The largest absolute Gasteiger partial charge is 0.362 e. The molecule has 0 unspecified atom stereocenters. The maximum atomic E-state index is 5.51. The number of anilines is 1. The van der Waals surface area contributed by atoms with Crippen molar-refractivity contribution in [3.63, 3.8) is 0 Å². The van der Waals surface area contributed by atoms with E-state index in [0.29, 0.717) is 18.3 Å². The Hall–Kier alpha value is -2.62. The van der Waals surface area contributed by atoms with Crippen LogP contribution in [0, 0.1) is 13.8 Å². The number of fused-ring (bicyclic) bond motifs is 1. The highest BCUT2D eigenvalue weighted by Crippen LogP contribution is 2.29. The summed E-state index contributed by atoms with van der Waals surface area (Å²) in [4.78, 5) is 6.95. The van der Waals surface area contributed by atoms with Gasteiger partial charge in [0.05, 0.1) is 6.54 Å². The third kappa shape index (κ3) is 2.80. The lowest BCUT2D eigenvalue weighted by molar-refractivity contribution is 0.375. The number of nitrogens with zero attached hydrogens (tertiary/aromatic N) is 3. The number of rotatable bonds is 3. The molecule has 3 aromatic rings. The van der Waals surface area contributed by atoms with Crippen molar-refractivity contribution in [1.29, 1.82) is 0 Å². The van der Waals surface area contributed by atoms with Gasteiger partial charge in [-0.3, -0.25) is 0 Å². The molecule has 4 nitrogen and oxygen atoms in total. The molecule has 2 aromatic carbocycles.